The second-order valence-electron chi connectivity index (χ2n) is 6.85. The molecule has 0 aliphatic heterocycles. The molecule has 2 heteroatoms. The van der Waals surface area contributed by atoms with Crippen LogP contribution in [0.2, 0.25) is 0 Å². The summed E-state index contributed by atoms with van der Waals surface area (Å²) in [5.74, 6) is 0.799. The topological polar surface area (TPSA) is 26.3 Å². The summed E-state index contributed by atoms with van der Waals surface area (Å²) in [4.78, 5) is 10.4. The van der Waals surface area contributed by atoms with Crippen LogP contribution in [-0.4, -0.2) is 12.1 Å². The van der Waals surface area contributed by atoms with Gasteiger partial charge in [0.25, 0.3) is 6.47 Å². The molecule has 1 aromatic rings. The van der Waals surface area contributed by atoms with E-state index in [1.165, 1.54) is 30.4 Å². The third kappa shape index (κ3) is 5.53. The maximum Gasteiger partial charge on any atom is 0.293 e. The molecule has 0 unspecified atom stereocenters. The molecule has 1 saturated carbocycles. The van der Waals surface area contributed by atoms with Crippen LogP contribution in [0.25, 0.3) is 0 Å². The van der Waals surface area contributed by atoms with Crippen LogP contribution in [0.3, 0.4) is 0 Å². The predicted octanol–water partition coefficient (Wildman–Crippen LogP) is 4.69. The molecule has 0 spiro atoms. The lowest BCUT2D eigenvalue weighted by atomic mass is 10.00. The number of carbonyl (C=O) groups is 1. The molecular formula is C19H28O2. The number of ether oxygens (including phenoxy) is 1. The summed E-state index contributed by atoms with van der Waals surface area (Å²) in [5.41, 5.74) is 2.74. The van der Waals surface area contributed by atoms with Crippen molar-refractivity contribution in [2.75, 3.05) is 0 Å². The number of benzene rings is 1. The van der Waals surface area contributed by atoms with E-state index in [1.54, 1.807) is 0 Å². The zero-order valence-electron chi connectivity index (χ0n) is 13.4. The summed E-state index contributed by atoms with van der Waals surface area (Å²) in [7, 11) is 0. The van der Waals surface area contributed by atoms with Crippen molar-refractivity contribution < 1.29 is 9.53 Å². The van der Waals surface area contributed by atoms with Crippen LogP contribution in [0.15, 0.2) is 24.3 Å². The van der Waals surface area contributed by atoms with Crippen LogP contribution in [0.4, 0.5) is 0 Å². The molecule has 0 saturated heterocycles. The van der Waals surface area contributed by atoms with Gasteiger partial charge in [0.15, 0.2) is 0 Å². The smallest absolute Gasteiger partial charge is 0.293 e. The Morgan fingerprint density at radius 3 is 2.14 bits per heavy atom. The van der Waals surface area contributed by atoms with E-state index in [0.29, 0.717) is 6.47 Å². The van der Waals surface area contributed by atoms with Gasteiger partial charge in [0, 0.05) is 0 Å². The quantitative estimate of drug-likeness (QED) is 0.584. The van der Waals surface area contributed by atoms with Gasteiger partial charge >= 0.3 is 0 Å². The Balaban J connectivity index is 1.68. The van der Waals surface area contributed by atoms with Gasteiger partial charge in [-0.2, -0.15) is 0 Å². The van der Waals surface area contributed by atoms with Crippen molar-refractivity contribution in [2.45, 2.75) is 70.8 Å². The zero-order valence-corrected chi connectivity index (χ0v) is 13.4. The SMILES string of the molecule is CC(C)CCCc1ccc(CCCC2(OC=O)CC2)cc1. The Labute approximate surface area is 128 Å². The zero-order chi connectivity index (χ0) is 15.1. The Morgan fingerprint density at radius 1 is 1.10 bits per heavy atom. The molecule has 2 nitrogen and oxygen atoms in total. The molecule has 1 aliphatic rings. The van der Waals surface area contributed by atoms with E-state index in [-0.39, 0.29) is 5.60 Å². The molecule has 1 aromatic carbocycles. The lowest BCUT2D eigenvalue weighted by Gasteiger charge is -2.12. The van der Waals surface area contributed by atoms with Gasteiger partial charge in [-0.3, -0.25) is 4.79 Å². The highest BCUT2D eigenvalue weighted by Gasteiger charge is 2.44. The summed E-state index contributed by atoms with van der Waals surface area (Å²) in [6.45, 7) is 5.17. The van der Waals surface area contributed by atoms with Crippen LogP contribution < -0.4 is 0 Å². The first kappa shape index (κ1) is 16.1. The van der Waals surface area contributed by atoms with Crippen LogP contribution in [0.1, 0.15) is 63.5 Å². The van der Waals surface area contributed by atoms with Crippen LogP contribution in [-0.2, 0) is 22.4 Å². The van der Waals surface area contributed by atoms with Crippen molar-refractivity contribution in [1.82, 2.24) is 0 Å². The molecule has 0 N–H and O–H groups in total. The molecule has 2 rings (SSSR count). The molecule has 1 aliphatic carbocycles. The van der Waals surface area contributed by atoms with Crippen molar-refractivity contribution in [2.24, 2.45) is 5.92 Å². The molecule has 1 fully saturated rings. The van der Waals surface area contributed by atoms with E-state index in [1.807, 2.05) is 0 Å². The van der Waals surface area contributed by atoms with E-state index in [0.717, 1.165) is 38.0 Å². The Bertz CT molecular complexity index is 429. The van der Waals surface area contributed by atoms with Crippen molar-refractivity contribution in [1.29, 1.82) is 0 Å². The number of carbonyl (C=O) groups excluding carboxylic acids is 1. The fourth-order valence-electron chi connectivity index (χ4n) is 2.87. The Morgan fingerprint density at radius 2 is 1.67 bits per heavy atom. The molecule has 0 bridgehead atoms. The van der Waals surface area contributed by atoms with Crippen LogP contribution in [0, 0.1) is 5.92 Å². The van der Waals surface area contributed by atoms with Gasteiger partial charge in [-0.25, -0.2) is 0 Å². The lowest BCUT2D eigenvalue weighted by Crippen LogP contribution is -2.13. The average Bonchev–Trinajstić information content (AvgIpc) is 3.21. The number of hydrogen-bond donors (Lipinski definition) is 0. The molecule has 0 amide bonds. The summed E-state index contributed by atoms with van der Waals surface area (Å²) in [6.07, 6.45) is 9.04. The monoisotopic (exact) mass is 288 g/mol. The van der Waals surface area contributed by atoms with Crippen molar-refractivity contribution in [3.63, 3.8) is 0 Å². The number of rotatable bonds is 10. The molecule has 0 aromatic heterocycles. The van der Waals surface area contributed by atoms with Crippen LogP contribution >= 0.6 is 0 Å². The molecule has 0 atom stereocenters. The second-order valence-corrected chi connectivity index (χ2v) is 6.85. The van der Waals surface area contributed by atoms with Crippen molar-refractivity contribution in [3.05, 3.63) is 35.4 Å². The predicted molar refractivity (Wildman–Crippen MR) is 86.3 cm³/mol. The molecule has 116 valence electrons. The minimum Gasteiger partial charge on any atom is -0.461 e. The summed E-state index contributed by atoms with van der Waals surface area (Å²) >= 11 is 0. The van der Waals surface area contributed by atoms with E-state index >= 15 is 0 Å². The van der Waals surface area contributed by atoms with E-state index < -0.39 is 0 Å². The highest BCUT2D eigenvalue weighted by Crippen LogP contribution is 2.43. The average molecular weight is 288 g/mol. The Kier molecular flexibility index (Phi) is 5.84. The fraction of sp³-hybridized carbons (Fsp3) is 0.632. The number of aryl methyl sites for hydroxylation is 2. The highest BCUT2D eigenvalue weighted by atomic mass is 16.5. The van der Waals surface area contributed by atoms with E-state index in [2.05, 4.69) is 38.1 Å². The van der Waals surface area contributed by atoms with Crippen LogP contribution in [0.5, 0.6) is 0 Å². The summed E-state index contributed by atoms with van der Waals surface area (Å²) in [5, 5.41) is 0. The minimum atomic E-state index is -0.0987. The largest absolute Gasteiger partial charge is 0.461 e. The van der Waals surface area contributed by atoms with Gasteiger partial charge in [0.1, 0.15) is 5.60 Å². The maximum atomic E-state index is 10.4. The van der Waals surface area contributed by atoms with Gasteiger partial charge in [0.05, 0.1) is 0 Å². The third-order valence-electron chi connectivity index (χ3n) is 4.47. The third-order valence-corrected chi connectivity index (χ3v) is 4.47. The lowest BCUT2D eigenvalue weighted by molar-refractivity contribution is -0.135. The maximum absolute atomic E-state index is 10.4. The van der Waals surface area contributed by atoms with Gasteiger partial charge in [-0.1, -0.05) is 44.5 Å². The molecular weight excluding hydrogens is 260 g/mol. The Hall–Kier alpha value is -1.31. The fourth-order valence-corrected chi connectivity index (χ4v) is 2.87. The summed E-state index contributed by atoms with van der Waals surface area (Å²) < 4.78 is 5.18. The highest BCUT2D eigenvalue weighted by molar-refractivity contribution is 5.39. The van der Waals surface area contributed by atoms with Gasteiger partial charge < -0.3 is 4.74 Å². The number of hydrogen-bond acceptors (Lipinski definition) is 2. The van der Waals surface area contributed by atoms with Crippen molar-refractivity contribution >= 4 is 6.47 Å². The minimum absolute atomic E-state index is 0.0987. The first-order chi connectivity index (χ1) is 10.1. The summed E-state index contributed by atoms with van der Waals surface area (Å²) in [6, 6.07) is 9.05. The normalized spacial score (nSPS) is 16.0. The molecule has 0 heterocycles. The van der Waals surface area contributed by atoms with Gasteiger partial charge in [-0.05, 0) is 62.0 Å². The molecule has 0 radical (unpaired) electrons. The van der Waals surface area contributed by atoms with E-state index in [4.69, 9.17) is 4.74 Å². The van der Waals surface area contributed by atoms with Gasteiger partial charge in [-0.15, -0.1) is 0 Å². The standard InChI is InChI=1S/C19H28O2/c1-16(2)5-3-6-17-8-10-18(11-9-17)7-4-12-19(13-14-19)21-15-20/h8-11,15-16H,3-7,12-14H2,1-2H3. The molecule has 21 heavy (non-hydrogen) atoms. The van der Waals surface area contributed by atoms with Crippen molar-refractivity contribution in [3.8, 4) is 0 Å². The van der Waals surface area contributed by atoms with E-state index in [9.17, 15) is 4.79 Å². The first-order valence-corrected chi connectivity index (χ1v) is 8.33. The second kappa shape index (κ2) is 7.63. The first-order valence-electron chi connectivity index (χ1n) is 8.33. The van der Waals surface area contributed by atoms with Gasteiger partial charge in [0.2, 0.25) is 0 Å².